The molecule has 8 nitrogen and oxygen atoms in total. The van der Waals surface area contributed by atoms with Crippen LogP contribution < -0.4 is 10.6 Å². The third kappa shape index (κ3) is 5.21. The van der Waals surface area contributed by atoms with E-state index in [-0.39, 0.29) is 64.8 Å². The Morgan fingerprint density at radius 2 is 1.54 bits per heavy atom. The topological polar surface area (TPSA) is 133 Å². The zero-order valence-electron chi connectivity index (χ0n) is 31.4. The van der Waals surface area contributed by atoms with E-state index < -0.39 is 25.2 Å². The maximum atomic E-state index is 14.5. The Hall–Kier alpha value is -0.780. The van der Waals surface area contributed by atoms with Crippen LogP contribution in [0.2, 0.25) is 0 Å². The van der Waals surface area contributed by atoms with Crippen LogP contribution in [-0.4, -0.2) is 51.9 Å². The van der Waals surface area contributed by atoms with Gasteiger partial charge >= 0.3 is 7.60 Å². The van der Waals surface area contributed by atoms with Gasteiger partial charge in [0.1, 0.15) is 12.9 Å². The molecule has 5 rings (SSSR count). The van der Waals surface area contributed by atoms with Crippen molar-refractivity contribution in [3.05, 3.63) is 12.2 Å². The Bertz CT molecular complexity index is 1420. The minimum atomic E-state index is -4.75. The molecule has 0 aromatic carbocycles. The molecule has 274 valence electrons. The van der Waals surface area contributed by atoms with Crippen LogP contribution in [0.5, 0.6) is 0 Å². The highest BCUT2D eigenvalue weighted by Gasteiger charge is 2.72. The number of hydrogen-bond donors (Lipinski definition) is 4. The lowest BCUT2D eigenvalue weighted by atomic mass is 9.32. The molecule has 0 aromatic heterocycles. The second-order valence-corrected chi connectivity index (χ2v) is 24.5. The summed E-state index contributed by atoms with van der Waals surface area (Å²) in [5, 5.41) is 4.35. The minimum Gasteiger partial charge on any atom is -0.354 e. The molecule has 4 N–H and O–H groups in total. The highest BCUT2D eigenvalue weighted by Crippen LogP contribution is 2.77. The summed E-state index contributed by atoms with van der Waals surface area (Å²) >= 11 is 0. The molecule has 10 unspecified atom stereocenters. The van der Waals surface area contributed by atoms with Crippen LogP contribution in [0.15, 0.2) is 12.2 Å². The van der Waals surface area contributed by atoms with Crippen molar-refractivity contribution in [1.29, 1.82) is 0 Å². The van der Waals surface area contributed by atoms with Gasteiger partial charge in [0.2, 0.25) is 5.91 Å². The van der Waals surface area contributed by atoms with Crippen molar-refractivity contribution in [3.8, 4) is 0 Å². The number of allylic oxidation sites excluding steroid dienone is 1. The van der Waals surface area contributed by atoms with Crippen LogP contribution in [0.25, 0.3) is 0 Å². The molecule has 5 aliphatic carbocycles. The van der Waals surface area contributed by atoms with Gasteiger partial charge < -0.3 is 19.7 Å². The number of hydrogen-bond acceptors (Lipinski definition) is 5. The average Bonchev–Trinajstić information content (AvgIpc) is 3.42. The molecule has 0 aromatic rings. The predicted molar refractivity (Wildman–Crippen MR) is 194 cm³/mol. The number of rotatable bonds is 10. The third-order valence-corrected chi connectivity index (χ3v) is 23.5. The molecule has 10 heteroatoms. The number of fused-ring (bicyclic) bond motifs is 7. The van der Waals surface area contributed by atoms with Gasteiger partial charge in [-0.2, -0.15) is 0 Å². The normalized spacial score (nSPS) is 42.1. The standard InChI is InChI=1S/C38H66N2O6P2/c1-11-47(43,12-2)37(10,48(44,45)46)40-24-23-39-32(42)38-20-15-26(25(3)4)31(38)27-13-14-29-34(7)18-17-30(41)33(5,6)28(34)16-19-36(29,9)35(27,8)21-22-38/h26-29,31,40H,3,11-24H2,1-2,4-10H3,(H,39,42)(H2,44,45,46). The zero-order valence-corrected chi connectivity index (χ0v) is 33.2. The van der Waals surface area contributed by atoms with Gasteiger partial charge in [-0.25, -0.2) is 0 Å². The van der Waals surface area contributed by atoms with Crippen molar-refractivity contribution >= 4 is 26.4 Å². The van der Waals surface area contributed by atoms with Crippen molar-refractivity contribution < 1.29 is 28.5 Å². The van der Waals surface area contributed by atoms with Gasteiger partial charge in [0.15, 0.2) is 5.02 Å². The number of amides is 1. The summed E-state index contributed by atoms with van der Waals surface area (Å²) in [6.07, 6.45) is 10.2. The van der Waals surface area contributed by atoms with Crippen LogP contribution in [0.1, 0.15) is 127 Å². The Morgan fingerprint density at radius 1 is 0.896 bits per heavy atom. The fourth-order valence-electron chi connectivity index (χ4n) is 13.3. The molecule has 5 saturated carbocycles. The van der Waals surface area contributed by atoms with Crippen LogP contribution in [0, 0.1) is 56.7 Å². The highest BCUT2D eigenvalue weighted by molar-refractivity contribution is 7.78. The van der Waals surface area contributed by atoms with Gasteiger partial charge in [0, 0.05) is 37.2 Å². The fraction of sp³-hybridized carbons (Fsp3) is 0.895. The summed E-state index contributed by atoms with van der Waals surface area (Å²) < 4.78 is 26.2. The third-order valence-electron chi connectivity index (χ3n) is 16.5. The van der Waals surface area contributed by atoms with Gasteiger partial charge in [-0.15, -0.1) is 0 Å². The second kappa shape index (κ2) is 12.4. The summed E-state index contributed by atoms with van der Waals surface area (Å²) in [4.78, 5) is 48.1. The highest BCUT2D eigenvalue weighted by atomic mass is 31.2. The van der Waals surface area contributed by atoms with E-state index in [1.807, 2.05) is 0 Å². The Labute approximate surface area is 290 Å². The lowest BCUT2D eigenvalue weighted by Gasteiger charge is -2.72. The Morgan fingerprint density at radius 3 is 2.12 bits per heavy atom. The van der Waals surface area contributed by atoms with E-state index in [0.29, 0.717) is 30.0 Å². The summed E-state index contributed by atoms with van der Waals surface area (Å²) in [6.45, 7) is 23.8. The largest absolute Gasteiger partial charge is 0.354 e. The van der Waals surface area contributed by atoms with Crippen molar-refractivity contribution in [2.24, 2.45) is 56.7 Å². The first kappa shape index (κ1) is 38.5. The van der Waals surface area contributed by atoms with Crippen molar-refractivity contribution in [2.75, 3.05) is 25.4 Å². The number of carbonyl (C=O) groups is 2. The molecular weight excluding hydrogens is 642 g/mol. The van der Waals surface area contributed by atoms with E-state index in [9.17, 15) is 28.5 Å². The Kier molecular flexibility index (Phi) is 9.95. The molecule has 10 atom stereocenters. The Balaban J connectivity index is 1.40. The lowest BCUT2D eigenvalue weighted by Crippen LogP contribution is -2.67. The molecule has 5 aliphatic rings. The van der Waals surface area contributed by atoms with Crippen molar-refractivity contribution in [1.82, 2.24) is 10.6 Å². The number of ketones is 1. The van der Waals surface area contributed by atoms with E-state index >= 15 is 0 Å². The number of carbonyl (C=O) groups excluding carboxylic acids is 2. The van der Waals surface area contributed by atoms with Gasteiger partial charge in [0.25, 0.3) is 0 Å². The molecule has 0 bridgehead atoms. The second-order valence-electron chi connectivity index (χ2n) is 18.3. The number of nitrogens with one attached hydrogen (secondary N) is 2. The summed E-state index contributed by atoms with van der Waals surface area (Å²) in [5.74, 6) is 2.35. The summed E-state index contributed by atoms with van der Waals surface area (Å²) in [5.41, 5.74) is 0.753. The van der Waals surface area contributed by atoms with Crippen molar-refractivity contribution in [3.63, 3.8) is 0 Å². The SMILES string of the molecule is C=C(C)C1CCC2(C(=O)NCCNC(C)(P(=O)(O)O)P(=O)(CC)CC)CCC3(C)C(CCC4C5(C)CCC(=O)C(C)(C)C5CCC43C)C12. The predicted octanol–water partition coefficient (Wildman–Crippen LogP) is 8.17. The van der Waals surface area contributed by atoms with Crippen LogP contribution in [0.3, 0.4) is 0 Å². The monoisotopic (exact) mass is 708 g/mol. The number of Topliss-reactive ketones (excluding diaryl/α,β-unsaturated/α-hetero) is 1. The fourth-order valence-corrected chi connectivity index (χ4v) is 18.5. The van der Waals surface area contributed by atoms with Gasteiger partial charge in [0.05, 0.1) is 5.41 Å². The quantitative estimate of drug-likeness (QED) is 0.102. The molecule has 48 heavy (non-hydrogen) atoms. The van der Waals surface area contributed by atoms with E-state index in [1.165, 1.54) is 12.5 Å². The molecule has 1 amide bonds. The van der Waals surface area contributed by atoms with Gasteiger partial charge in [-0.05, 0) is 117 Å². The molecule has 0 spiro atoms. The molecule has 0 heterocycles. The molecule has 0 radical (unpaired) electrons. The van der Waals surface area contributed by atoms with E-state index in [4.69, 9.17) is 0 Å². The minimum absolute atomic E-state index is 0.0580. The summed E-state index contributed by atoms with van der Waals surface area (Å²) in [7, 11) is -7.99. The maximum Gasteiger partial charge on any atom is 0.352 e. The molecule has 5 fully saturated rings. The first-order valence-electron chi connectivity index (χ1n) is 18.9. The van der Waals surface area contributed by atoms with Crippen molar-refractivity contribution in [2.45, 2.75) is 132 Å². The first-order valence-corrected chi connectivity index (χ1v) is 22.6. The van der Waals surface area contributed by atoms with Crippen LogP contribution in [-0.2, 0) is 18.7 Å². The van der Waals surface area contributed by atoms with Crippen LogP contribution in [0.4, 0.5) is 0 Å². The van der Waals surface area contributed by atoms with Crippen LogP contribution >= 0.6 is 14.7 Å². The summed E-state index contributed by atoms with van der Waals surface area (Å²) in [6, 6.07) is 0. The molecular formula is C38H66N2O6P2. The van der Waals surface area contributed by atoms with Gasteiger partial charge in [-0.3, -0.25) is 19.5 Å². The van der Waals surface area contributed by atoms with E-state index in [1.54, 1.807) is 13.8 Å². The average molecular weight is 709 g/mol. The zero-order chi connectivity index (χ0) is 35.9. The smallest absolute Gasteiger partial charge is 0.352 e. The lowest BCUT2D eigenvalue weighted by molar-refractivity contribution is -0.233. The first-order chi connectivity index (χ1) is 22.1. The van der Waals surface area contributed by atoms with Gasteiger partial charge in [-0.1, -0.05) is 60.6 Å². The van der Waals surface area contributed by atoms with E-state index in [2.05, 4.69) is 58.8 Å². The molecule has 0 aliphatic heterocycles. The van der Waals surface area contributed by atoms with E-state index in [0.717, 1.165) is 57.8 Å². The maximum absolute atomic E-state index is 14.5. The molecule has 0 saturated heterocycles.